The number of hydrogen-bond acceptors (Lipinski definition) is 1. The molecule has 0 aliphatic carbocycles. The molecule has 1 amide bonds. The van der Waals surface area contributed by atoms with Crippen LogP contribution in [0.5, 0.6) is 0 Å². The van der Waals surface area contributed by atoms with Crippen LogP contribution in [0.2, 0.25) is 10.0 Å². The summed E-state index contributed by atoms with van der Waals surface area (Å²) in [5.74, 6) is -0.00427. The molecule has 0 fully saturated rings. The third-order valence-corrected chi connectivity index (χ3v) is 3.09. The third-order valence-electron chi connectivity index (χ3n) is 2.13. The van der Waals surface area contributed by atoms with Gasteiger partial charge < -0.3 is 5.32 Å². The Labute approximate surface area is 113 Å². The van der Waals surface area contributed by atoms with Crippen molar-refractivity contribution in [2.24, 2.45) is 0 Å². The monoisotopic (exact) mass is 323 g/mol. The van der Waals surface area contributed by atoms with Gasteiger partial charge in [-0.25, -0.2) is 0 Å². The molecule has 0 saturated carbocycles. The molecule has 1 atom stereocenters. The molecular weight excluding hydrogens is 313 g/mol. The molecule has 1 rings (SSSR count). The standard InChI is InChI=1S/C11H12BrCl2NO/c1-7(15-11(16)4-5-12)9-3-2-8(13)6-10(9)14/h2-3,6-7H,4-5H2,1H3,(H,15,16). The average molecular weight is 325 g/mol. The molecule has 1 unspecified atom stereocenters. The van der Waals surface area contributed by atoms with Crippen molar-refractivity contribution in [3.05, 3.63) is 33.8 Å². The second kappa shape index (κ2) is 6.48. The van der Waals surface area contributed by atoms with Crippen LogP contribution < -0.4 is 5.32 Å². The van der Waals surface area contributed by atoms with Crippen molar-refractivity contribution in [3.8, 4) is 0 Å². The Balaban J connectivity index is 2.72. The first-order valence-corrected chi connectivity index (χ1v) is 6.72. The summed E-state index contributed by atoms with van der Waals surface area (Å²) in [6.45, 7) is 1.89. The lowest BCUT2D eigenvalue weighted by Crippen LogP contribution is -2.26. The van der Waals surface area contributed by atoms with Gasteiger partial charge in [-0.3, -0.25) is 4.79 Å². The van der Waals surface area contributed by atoms with Gasteiger partial charge in [0.2, 0.25) is 5.91 Å². The summed E-state index contributed by atoms with van der Waals surface area (Å²) >= 11 is 15.1. The molecule has 1 aromatic carbocycles. The summed E-state index contributed by atoms with van der Waals surface area (Å²) in [6.07, 6.45) is 0.454. The molecule has 0 radical (unpaired) electrons. The minimum absolute atomic E-state index is 0.00427. The molecule has 16 heavy (non-hydrogen) atoms. The molecule has 5 heteroatoms. The first-order valence-electron chi connectivity index (χ1n) is 4.85. The van der Waals surface area contributed by atoms with Crippen molar-refractivity contribution in [3.63, 3.8) is 0 Å². The normalized spacial score (nSPS) is 12.2. The van der Waals surface area contributed by atoms with Crippen LogP contribution in [0.4, 0.5) is 0 Å². The quantitative estimate of drug-likeness (QED) is 0.835. The van der Waals surface area contributed by atoms with Crippen LogP contribution in [-0.4, -0.2) is 11.2 Å². The molecule has 2 nitrogen and oxygen atoms in total. The third kappa shape index (κ3) is 3.96. The van der Waals surface area contributed by atoms with Crippen molar-refractivity contribution in [1.82, 2.24) is 5.32 Å². The van der Waals surface area contributed by atoms with Gasteiger partial charge in [-0.1, -0.05) is 45.2 Å². The van der Waals surface area contributed by atoms with Gasteiger partial charge in [0, 0.05) is 21.8 Å². The van der Waals surface area contributed by atoms with E-state index < -0.39 is 0 Å². The summed E-state index contributed by atoms with van der Waals surface area (Å²) in [4.78, 5) is 11.4. The number of amides is 1. The van der Waals surface area contributed by atoms with Gasteiger partial charge in [-0.15, -0.1) is 0 Å². The highest BCUT2D eigenvalue weighted by Crippen LogP contribution is 2.26. The predicted octanol–water partition coefficient (Wildman–Crippen LogP) is 3.96. The van der Waals surface area contributed by atoms with Crippen molar-refractivity contribution in [2.45, 2.75) is 19.4 Å². The number of benzene rings is 1. The van der Waals surface area contributed by atoms with E-state index in [4.69, 9.17) is 23.2 Å². The van der Waals surface area contributed by atoms with E-state index in [9.17, 15) is 4.79 Å². The maximum atomic E-state index is 11.4. The Morgan fingerprint density at radius 3 is 2.75 bits per heavy atom. The maximum Gasteiger partial charge on any atom is 0.221 e. The molecule has 0 aliphatic rings. The van der Waals surface area contributed by atoms with Crippen LogP contribution in [-0.2, 0) is 4.79 Å². The van der Waals surface area contributed by atoms with Gasteiger partial charge in [0.15, 0.2) is 0 Å². The lowest BCUT2D eigenvalue weighted by molar-refractivity contribution is -0.121. The molecule has 0 spiro atoms. The van der Waals surface area contributed by atoms with Crippen LogP contribution >= 0.6 is 39.1 Å². The number of carbonyl (C=O) groups excluding carboxylic acids is 1. The lowest BCUT2D eigenvalue weighted by atomic mass is 10.1. The van der Waals surface area contributed by atoms with E-state index >= 15 is 0 Å². The van der Waals surface area contributed by atoms with E-state index in [1.165, 1.54) is 0 Å². The zero-order chi connectivity index (χ0) is 12.1. The maximum absolute atomic E-state index is 11.4. The first-order chi connectivity index (χ1) is 7.54. The summed E-state index contributed by atoms with van der Waals surface area (Å²) in [5.41, 5.74) is 0.869. The van der Waals surface area contributed by atoms with E-state index in [1.807, 2.05) is 13.0 Å². The highest BCUT2D eigenvalue weighted by atomic mass is 79.9. The van der Waals surface area contributed by atoms with E-state index in [0.29, 0.717) is 21.8 Å². The highest BCUT2D eigenvalue weighted by molar-refractivity contribution is 9.09. The highest BCUT2D eigenvalue weighted by Gasteiger charge is 2.12. The second-order valence-electron chi connectivity index (χ2n) is 3.39. The fourth-order valence-electron chi connectivity index (χ4n) is 1.33. The molecule has 0 heterocycles. The molecule has 1 aromatic rings. The SMILES string of the molecule is CC(NC(=O)CCBr)c1ccc(Cl)cc1Cl. The molecule has 0 aliphatic heterocycles. The summed E-state index contributed by atoms with van der Waals surface area (Å²) < 4.78 is 0. The zero-order valence-corrected chi connectivity index (χ0v) is 11.9. The van der Waals surface area contributed by atoms with Crippen LogP contribution in [0, 0.1) is 0 Å². The Morgan fingerprint density at radius 2 is 2.19 bits per heavy atom. The molecular formula is C11H12BrCl2NO. The van der Waals surface area contributed by atoms with Gasteiger partial charge in [0.25, 0.3) is 0 Å². The zero-order valence-electron chi connectivity index (χ0n) is 8.77. The second-order valence-corrected chi connectivity index (χ2v) is 5.03. The minimum atomic E-state index is -0.115. The van der Waals surface area contributed by atoms with Gasteiger partial charge in [0.1, 0.15) is 0 Å². The molecule has 0 saturated heterocycles. The smallest absolute Gasteiger partial charge is 0.221 e. The molecule has 88 valence electrons. The minimum Gasteiger partial charge on any atom is -0.350 e. The number of hydrogen-bond donors (Lipinski definition) is 1. The van der Waals surface area contributed by atoms with Crippen molar-refractivity contribution in [2.75, 3.05) is 5.33 Å². The molecule has 0 aromatic heterocycles. The van der Waals surface area contributed by atoms with Gasteiger partial charge in [-0.05, 0) is 24.6 Å². The largest absolute Gasteiger partial charge is 0.350 e. The van der Waals surface area contributed by atoms with Crippen LogP contribution in [0.3, 0.4) is 0 Å². The fraction of sp³-hybridized carbons (Fsp3) is 0.364. The van der Waals surface area contributed by atoms with Crippen LogP contribution in [0.25, 0.3) is 0 Å². The Bertz CT molecular complexity index is 384. The Kier molecular flexibility index (Phi) is 5.59. The Morgan fingerprint density at radius 1 is 1.50 bits per heavy atom. The van der Waals surface area contributed by atoms with E-state index in [1.54, 1.807) is 12.1 Å². The van der Waals surface area contributed by atoms with Crippen molar-refractivity contribution >= 4 is 45.0 Å². The lowest BCUT2D eigenvalue weighted by Gasteiger charge is -2.15. The van der Waals surface area contributed by atoms with Crippen molar-refractivity contribution < 1.29 is 4.79 Å². The van der Waals surface area contributed by atoms with Crippen LogP contribution in [0.15, 0.2) is 18.2 Å². The van der Waals surface area contributed by atoms with Gasteiger partial charge >= 0.3 is 0 Å². The van der Waals surface area contributed by atoms with E-state index in [-0.39, 0.29) is 11.9 Å². The number of halogens is 3. The van der Waals surface area contributed by atoms with E-state index in [2.05, 4.69) is 21.2 Å². The van der Waals surface area contributed by atoms with Crippen LogP contribution in [0.1, 0.15) is 24.9 Å². The topological polar surface area (TPSA) is 29.1 Å². The summed E-state index contributed by atoms with van der Waals surface area (Å²) in [6, 6.07) is 5.14. The summed E-state index contributed by atoms with van der Waals surface area (Å²) in [7, 11) is 0. The fourth-order valence-corrected chi connectivity index (χ4v) is 2.26. The average Bonchev–Trinajstić information content (AvgIpc) is 2.17. The molecule has 1 N–H and O–H groups in total. The first kappa shape index (κ1) is 13.8. The van der Waals surface area contributed by atoms with Crippen molar-refractivity contribution in [1.29, 1.82) is 0 Å². The predicted molar refractivity (Wildman–Crippen MR) is 71.4 cm³/mol. The number of nitrogens with one attached hydrogen (secondary N) is 1. The van der Waals surface area contributed by atoms with Gasteiger partial charge in [0.05, 0.1) is 6.04 Å². The Hall–Kier alpha value is -0.250. The number of alkyl halides is 1. The van der Waals surface area contributed by atoms with E-state index in [0.717, 1.165) is 5.56 Å². The molecule has 0 bridgehead atoms. The van der Waals surface area contributed by atoms with Gasteiger partial charge in [-0.2, -0.15) is 0 Å². The summed E-state index contributed by atoms with van der Waals surface area (Å²) in [5, 5.41) is 4.67. The number of carbonyl (C=O) groups is 1. The number of rotatable bonds is 4.